The van der Waals surface area contributed by atoms with Gasteiger partial charge < -0.3 is 25.2 Å². The van der Waals surface area contributed by atoms with E-state index in [-0.39, 0.29) is 12.5 Å². The van der Waals surface area contributed by atoms with Gasteiger partial charge >= 0.3 is 5.97 Å². The molecule has 148 valence electrons. The van der Waals surface area contributed by atoms with Crippen molar-refractivity contribution in [2.24, 2.45) is 0 Å². The van der Waals surface area contributed by atoms with Crippen LogP contribution in [-0.4, -0.2) is 63.7 Å². The lowest BCUT2D eigenvalue weighted by Crippen LogP contribution is -2.44. The molecule has 1 aliphatic rings. The number of likely N-dealkylation sites (N-methyl/N-ethyl adjacent to an activating group) is 1. The number of rotatable bonds is 6. The fourth-order valence-corrected chi connectivity index (χ4v) is 3.05. The molecule has 3 rings (SSSR count). The molecule has 0 unspecified atom stereocenters. The molecule has 0 atom stereocenters. The molecular weight excluding hydrogens is 356 g/mol. The Hall–Kier alpha value is -3.06. The first-order valence-electron chi connectivity index (χ1n) is 9.31. The van der Waals surface area contributed by atoms with Crippen LogP contribution < -0.4 is 15.5 Å². The average molecular weight is 382 g/mol. The normalized spacial score (nSPS) is 14.4. The Morgan fingerprint density at radius 3 is 2.14 bits per heavy atom. The summed E-state index contributed by atoms with van der Waals surface area (Å²) in [7, 11) is 3.48. The lowest BCUT2D eigenvalue weighted by molar-refractivity contribution is -0.114. The zero-order valence-electron chi connectivity index (χ0n) is 16.3. The number of nitrogens with zero attached hydrogens (tertiary/aromatic N) is 2. The lowest BCUT2D eigenvalue weighted by atomic mass is 10.2. The minimum atomic E-state index is -0.403. The lowest BCUT2D eigenvalue weighted by Gasteiger charge is -2.34. The fourth-order valence-electron chi connectivity index (χ4n) is 3.05. The summed E-state index contributed by atoms with van der Waals surface area (Å²) in [5, 5.41) is 5.92. The SMILES string of the molecule is COC(=O)c1ccc(NC(=O)CNc2ccc(N3CCN(C)CC3)cc2)cc1. The molecule has 0 aliphatic carbocycles. The quantitative estimate of drug-likeness (QED) is 0.747. The van der Waals surface area contributed by atoms with Crippen LogP contribution >= 0.6 is 0 Å². The highest BCUT2D eigenvalue weighted by molar-refractivity contribution is 5.95. The fraction of sp³-hybridized carbons (Fsp3) is 0.333. The third-order valence-corrected chi connectivity index (χ3v) is 4.78. The molecule has 1 fully saturated rings. The smallest absolute Gasteiger partial charge is 0.337 e. The van der Waals surface area contributed by atoms with Gasteiger partial charge in [0.15, 0.2) is 0 Å². The van der Waals surface area contributed by atoms with Crippen molar-refractivity contribution in [1.29, 1.82) is 0 Å². The van der Waals surface area contributed by atoms with Crippen LogP contribution in [0.25, 0.3) is 0 Å². The Morgan fingerprint density at radius 2 is 1.54 bits per heavy atom. The summed E-state index contributed by atoms with van der Waals surface area (Å²) < 4.78 is 4.66. The summed E-state index contributed by atoms with van der Waals surface area (Å²) in [6.07, 6.45) is 0. The van der Waals surface area contributed by atoms with Gasteiger partial charge in [0.05, 0.1) is 19.2 Å². The molecule has 1 amide bonds. The van der Waals surface area contributed by atoms with Crippen molar-refractivity contribution in [3.8, 4) is 0 Å². The van der Waals surface area contributed by atoms with E-state index in [1.54, 1.807) is 24.3 Å². The van der Waals surface area contributed by atoms with E-state index in [2.05, 4.69) is 44.4 Å². The number of esters is 1. The van der Waals surface area contributed by atoms with Crippen LogP contribution in [0, 0.1) is 0 Å². The van der Waals surface area contributed by atoms with Crippen molar-refractivity contribution in [3.63, 3.8) is 0 Å². The first-order chi connectivity index (χ1) is 13.5. The second-order valence-electron chi connectivity index (χ2n) is 6.81. The summed E-state index contributed by atoms with van der Waals surface area (Å²) in [5.41, 5.74) is 3.17. The van der Waals surface area contributed by atoms with Gasteiger partial charge in [-0.15, -0.1) is 0 Å². The minimum Gasteiger partial charge on any atom is -0.465 e. The molecule has 2 N–H and O–H groups in total. The van der Waals surface area contributed by atoms with Crippen molar-refractivity contribution < 1.29 is 14.3 Å². The van der Waals surface area contributed by atoms with Crippen molar-refractivity contribution in [1.82, 2.24) is 4.90 Å². The van der Waals surface area contributed by atoms with E-state index in [1.165, 1.54) is 12.8 Å². The van der Waals surface area contributed by atoms with Crippen LogP contribution in [0.2, 0.25) is 0 Å². The Balaban J connectivity index is 1.47. The number of anilines is 3. The molecular formula is C21H26N4O3. The van der Waals surface area contributed by atoms with E-state index >= 15 is 0 Å². The van der Waals surface area contributed by atoms with E-state index in [0.29, 0.717) is 11.3 Å². The van der Waals surface area contributed by atoms with Crippen molar-refractivity contribution >= 4 is 28.9 Å². The number of hydrogen-bond acceptors (Lipinski definition) is 6. The van der Waals surface area contributed by atoms with Crippen molar-refractivity contribution in [2.45, 2.75) is 0 Å². The van der Waals surface area contributed by atoms with Crippen LogP contribution in [0.5, 0.6) is 0 Å². The Morgan fingerprint density at radius 1 is 0.929 bits per heavy atom. The molecule has 0 aromatic heterocycles. The summed E-state index contributed by atoms with van der Waals surface area (Å²) in [4.78, 5) is 28.2. The van der Waals surface area contributed by atoms with E-state index in [0.717, 1.165) is 31.9 Å². The van der Waals surface area contributed by atoms with Crippen LogP contribution in [0.3, 0.4) is 0 Å². The van der Waals surface area contributed by atoms with Gasteiger partial charge in [-0.1, -0.05) is 0 Å². The molecule has 0 saturated carbocycles. The maximum absolute atomic E-state index is 12.1. The maximum atomic E-state index is 12.1. The summed E-state index contributed by atoms with van der Waals surface area (Å²) in [5.74, 6) is -0.562. The molecule has 2 aromatic carbocycles. The Bertz CT molecular complexity index is 797. The number of carbonyl (C=O) groups is 2. The van der Waals surface area contributed by atoms with E-state index < -0.39 is 5.97 Å². The largest absolute Gasteiger partial charge is 0.465 e. The maximum Gasteiger partial charge on any atom is 0.337 e. The number of nitrogens with one attached hydrogen (secondary N) is 2. The number of piperazine rings is 1. The zero-order valence-corrected chi connectivity index (χ0v) is 16.3. The van der Waals surface area contributed by atoms with E-state index in [4.69, 9.17) is 0 Å². The Labute approximate surface area is 165 Å². The highest BCUT2D eigenvalue weighted by atomic mass is 16.5. The first-order valence-corrected chi connectivity index (χ1v) is 9.31. The molecule has 0 spiro atoms. The van der Waals surface area contributed by atoms with Gasteiger partial charge in [0.1, 0.15) is 0 Å². The van der Waals surface area contributed by atoms with Crippen LogP contribution in [0.1, 0.15) is 10.4 Å². The molecule has 2 aromatic rings. The Kier molecular flexibility index (Phi) is 6.49. The molecule has 7 heteroatoms. The van der Waals surface area contributed by atoms with Crippen LogP contribution in [-0.2, 0) is 9.53 Å². The second kappa shape index (κ2) is 9.23. The zero-order chi connectivity index (χ0) is 19.9. The molecule has 0 bridgehead atoms. The molecule has 28 heavy (non-hydrogen) atoms. The van der Waals surface area contributed by atoms with Crippen LogP contribution in [0.15, 0.2) is 48.5 Å². The number of hydrogen-bond donors (Lipinski definition) is 2. The average Bonchev–Trinajstić information content (AvgIpc) is 2.73. The number of benzene rings is 2. The molecule has 7 nitrogen and oxygen atoms in total. The van der Waals surface area contributed by atoms with Gasteiger partial charge in [-0.05, 0) is 55.6 Å². The predicted molar refractivity (Wildman–Crippen MR) is 111 cm³/mol. The highest BCUT2D eigenvalue weighted by Gasteiger charge is 2.14. The van der Waals surface area contributed by atoms with E-state index in [1.807, 2.05) is 12.1 Å². The van der Waals surface area contributed by atoms with Gasteiger partial charge in [0.2, 0.25) is 5.91 Å². The van der Waals surface area contributed by atoms with E-state index in [9.17, 15) is 9.59 Å². The topological polar surface area (TPSA) is 73.9 Å². The first kappa shape index (κ1) is 19.7. The molecule has 1 heterocycles. The van der Waals surface area contributed by atoms with Crippen molar-refractivity contribution in [2.75, 3.05) is 62.4 Å². The second-order valence-corrected chi connectivity index (χ2v) is 6.81. The monoisotopic (exact) mass is 382 g/mol. The number of carbonyl (C=O) groups excluding carboxylic acids is 2. The predicted octanol–water partition coefficient (Wildman–Crippen LogP) is 2.28. The number of ether oxygens (including phenoxy) is 1. The molecule has 0 radical (unpaired) electrons. The summed E-state index contributed by atoms with van der Waals surface area (Å²) in [6, 6.07) is 14.7. The summed E-state index contributed by atoms with van der Waals surface area (Å²) >= 11 is 0. The number of methoxy groups -OCH3 is 1. The summed E-state index contributed by atoms with van der Waals surface area (Å²) in [6.45, 7) is 4.36. The number of amides is 1. The highest BCUT2D eigenvalue weighted by Crippen LogP contribution is 2.19. The van der Waals surface area contributed by atoms with Crippen molar-refractivity contribution in [3.05, 3.63) is 54.1 Å². The van der Waals surface area contributed by atoms with Gasteiger partial charge in [0, 0.05) is 43.2 Å². The molecule has 1 aliphatic heterocycles. The van der Waals surface area contributed by atoms with Gasteiger partial charge in [-0.2, -0.15) is 0 Å². The standard InChI is InChI=1S/C21H26N4O3/c1-24-11-13-25(14-12-24)19-9-7-17(8-10-19)22-15-20(26)23-18-5-3-16(4-6-18)21(27)28-2/h3-10,22H,11-15H2,1-2H3,(H,23,26). The molecule has 1 saturated heterocycles. The van der Waals surface area contributed by atoms with Gasteiger partial charge in [0.25, 0.3) is 0 Å². The minimum absolute atomic E-state index is 0.158. The van der Waals surface area contributed by atoms with Gasteiger partial charge in [-0.3, -0.25) is 4.79 Å². The third kappa shape index (κ3) is 5.23. The third-order valence-electron chi connectivity index (χ3n) is 4.78. The van der Waals surface area contributed by atoms with Gasteiger partial charge in [-0.25, -0.2) is 4.79 Å². The van der Waals surface area contributed by atoms with Crippen LogP contribution in [0.4, 0.5) is 17.1 Å².